The molecule has 0 saturated carbocycles. The summed E-state index contributed by atoms with van der Waals surface area (Å²) in [5.74, 6) is 1.22. The first-order chi connectivity index (χ1) is 14.2. The molecule has 3 fully saturated rings. The van der Waals surface area contributed by atoms with Gasteiger partial charge in [0, 0.05) is 29.4 Å². The lowest BCUT2D eigenvalue weighted by Gasteiger charge is -2.45. The van der Waals surface area contributed by atoms with Crippen LogP contribution in [-0.4, -0.2) is 49.5 Å². The molecule has 3 aliphatic rings. The molecule has 2 atom stereocenters. The Balaban J connectivity index is 1.61. The predicted molar refractivity (Wildman–Crippen MR) is 106 cm³/mol. The molecule has 2 bridgehead atoms. The van der Waals surface area contributed by atoms with Gasteiger partial charge in [0.1, 0.15) is 0 Å². The normalized spacial score (nSPS) is 24.5. The number of aryl methyl sites for hydroxylation is 1. The van der Waals surface area contributed by atoms with E-state index in [9.17, 15) is 21.9 Å². The molecule has 0 aliphatic carbocycles. The van der Waals surface area contributed by atoms with E-state index in [1.54, 1.807) is 6.07 Å². The number of piperidine rings is 3. The van der Waals surface area contributed by atoms with E-state index in [-0.39, 0.29) is 23.0 Å². The number of benzene rings is 1. The molecule has 0 amide bonds. The van der Waals surface area contributed by atoms with Gasteiger partial charge in [0.05, 0.1) is 16.9 Å². The van der Waals surface area contributed by atoms with Crippen LogP contribution < -0.4 is 10.0 Å². The summed E-state index contributed by atoms with van der Waals surface area (Å²) < 4.78 is 63.2. The zero-order valence-electron chi connectivity index (χ0n) is 16.2. The van der Waals surface area contributed by atoms with Crippen molar-refractivity contribution in [3.05, 3.63) is 35.4 Å². The Bertz CT molecular complexity index is 964. The average molecular weight is 440 g/mol. The van der Waals surface area contributed by atoms with Gasteiger partial charge in [-0.2, -0.15) is 13.2 Å². The second-order valence-electron chi connectivity index (χ2n) is 7.74. The van der Waals surface area contributed by atoms with E-state index >= 15 is 0 Å². The van der Waals surface area contributed by atoms with Crippen LogP contribution in [0.5, 0.6) is 0 Å². The monoisotopic (exact) mass is 440 g/mol. The van der Waals surface area contributed by atoms with Gasteiger partial charge in [-0.3, -0.25) is 4.21 Å². The summed E-state index contributed by atoms with van der Waals surface area (Å²) in [6, 6.07) is 4.82. The quantitative estimate of drug-likeness (QED) is 0.694. The Kier molecular flexibility index (Phi) is 5.69. The molecule has 30 heavy (non-hydrogen) atoms. The van der Waals surface area contributed by atoms with Gasteiger partial charge < -0.3 is 19.5 Å². The van der Waals surface area contributed by atoms with Crippen LogP contribution in [-0.2, 0) is 17.4 Å². The fraction of sp³-hybridized carbons (Fsp3) is 0.474. The fourth-order valence-corrected chi connectivity index (χ4v) is 4.53. The number of rotatable bonds is 5. The minimum Gasteiger partial charge on any atom is -0.755 e. The summed E-state index contributed by atoms with van der Waals surface area (Å²) in [5.41, 5.74) is 0.130. The largest absolute Gasteiger partial charge is 0.755 e. The summed E-state index contributed by atoms with van der Waals surface area (Å²) in [5, 5.41) is 11.8. The van der Waals surface area contributed by atoms with Gasteiger partial charge in [0.25, 0.3) is 0 Å². The lowest BCUT2D eigenvalue weighted by atomic mass is 9.84. The summed E-state index contributed by atoms with van der Waals surface area (Å²) >= 11 is -2.78. The van der Waals surface area contributed by atoms with Gasteiger partial charge in [-0.15, -0.1) is 10.2 Å². The van der Waals surface area contributed by atoms with E-state index in [0.29, 0.717) is 11.7 Å². The molecule has 162 valence electrons. The highest BCUT2D eigenvalue weighted by molar-refractivity contribution is 7.80. The van der Waals surface area contributed by atoms with E-state index in [1.165, 1.54) is 6.07 Å². The van der Waals surface area contributed by atoms with Gasteiger partial charge in [0.15, 0.2) is 5.82 Å². The molecule has 2 aromatic rings. The molecule has 5 rings (SSSR count). The number of nitrogens with zero attached hydrogens (tertiary/aromatic N) is 3. The standard InChI is InChI=1S/C19H22F3N5O2S/c1-11-8-15(14-3-2-13(19(20,21)22)9-16(14)26-30(28)29)24-25-18(11)23-17-10-27-6-4-12(17)5-7-27/h2-3,8-9,12,17,26H,4-7,10H2,1H3,(H,23,25)(H,28,29)/p-1/t17-/m0/s1. The Morgan fingerprint density at radius 2 is 1.93 bits per heavy atom. The molecule has 11 heteroatoms. The highest BCUT2D eigenvalue weighted by atomic mass is 32.2. The van der Waals surface area contributed by atoms with E-state index in [2.05, 4.69) is 20.4 Å². The van der Waals surface area contributed by atoms with Crippen molar-refractivity contribution in [2.24, 2.45) is 5.92 Å². The summed E-state index contributed by atoms with van der Waals surface area (Å²) in [6.07, 6.45) is -2.30. The molecule has 1 unspecified atom stereocenters. The van der Waals surface area contributed by atoms with Crippen LogP contribution in [0.3, 0.4) is 0 Å². The van der Waals surface area contributed by atoms with Crippen LogP contribution in [0.15, 0.2) is 24.3 Å². The Labute approximate surface area is 174 Å². The Hall–Kier alpha value is -2.24. The number of alkyl halides is 3. The molecule has 1 aromatic carbocycles. The lowest BCUT2D eigenvalue weighted by molar-refractivity contribution is -0.137. The third-order valence-electron chi connectivity index (χ3n) is 5.78. The molecule has 1 aromatic heterocycles. The number of aromatic nitrogens is 2. The average Bonchev–Trinajstić information content (AvgIpc) is 2.69. The van der Waals surface area contributed by atoms with Crippen molar-refractivity contribution >= 4 is 22.8 Å². The number of anilines is 2. The van der Waals surface area contributed by atoms with Crippen molar-refractivity contribution in [1.82, 2.24) is 15.1 Å². The lowest BCUT2D eigenvalue weighted by Crippen LogP contribution is -2.53. The number of hydrogen-bond acceptors (Lipinski definition) is 6. The molecule has 0 spiro atoms. The predicted octanol–water partition coefficient (Wildman–Crippen LogP) is 3.18. The minimum absolute atomic E-state index is 0.204. The van der Waals surface area contributed by atoms with Crippen LogP contribution in [0, 0.1) is 12.8 Å². The van der Waals surface area contributed by atoms with E-state index < -0.39 is 23.0 Å². The second-order valence-corrected chi connectivity index (χ2v) is 8.42. The summed E-state index contributed by atoms with van der Waals surface area (Å²) in [7, 11) is 0. The van der Waals surface area contributed by atoms with E-state index in [4.69, 9.17) is 0 Å². The zero-order valence-corrected chi connectivity index (χ0v) is 17.0. The Morgan fingerprint density at radius 3 is 2.50 bits per heavy atom. The maximum Gasteiger partial charge on any atom is 0.416 e. The van der Waals surface area contributed by atoms with Gasteiger partial charge in [-0.25, -0.2) is 0 Å². The number of fused-ring (bicyclic) bond motifs is 3. The zero-order chi connectivity index (χ0) is 21.5. The fourth-order valence-electron chi connectivity index (χ4n) is 4.18. The molecule has 4 heterocycles. The van der Waals surface area contributed by atoms with Crippen molar-refractivity contribution in [2.45, 2.75) is 32.0 Å². The first-order valence-corrected chi connectivity index (χ1v) is 10.7. The second kappa shape index (κ2) is 8.12. The first kappa shape index (κ1) is 21.0. The SMILES string of the molecule is Cc1cc(-c2ccc(C(F)(F)F)cc2NS(=O)[O-])nnc1N[C@H]1CN2CCC1CC2. The van der Waals surface area contributed by atoms with E-state index in [1.807, 2.05) is 11.6 Å². The number of hydrogen-bond donors (Lipinski definition) is 2. The molecular formula is C19H21F3N5O2S-. The van der Waals surface area contributed by atoms with Crippen LogP contribution >= 0.6 is 0 Å². The number of halogens is 3. The molecule has 2 N–H and O–H groups in total. The maximum atomic E-state index is 13.0. The van der Waals surface area contributed by atoms with Crippen LogP contribution in [0.1, 0.15) is 24.0 Å². The molecular weight excluding hydrogens is 419 g/mol. The van der Waals surface area contributed by atoms with Gasteiger partial charge in [0.2, 0.25) is 0 Å². The van der Waals surface area contributed by atoms with Crippen LogP contribution in [0.2, 0.25) is 0 Å². The van der Waals surface area contributed by atoms with Crippen LogP contribution in [0.25, 0.3) is 11.3 Å². The maximum absolute atomic E-state index is 13.0. The number of nitrogens with one attached hydrogen (secondary N) is 2. The first-order valence-electron chi connectivity index (χ1n) is 9.61. The highest BCUT2D eigenvalue weighted by Gasteiger charge is 2.34. The van der Waals surface area contributed by atoms with Gasteiger partial charge in [-0.05, 0) is 62.5 Å². The van der Waals surface area contributed by atoms with Crippen molar-refractivity contribution in [2.75, 3.05) is 29.7 Å². The summed E-state index contributed by atoms with van der Waals surface area (Å²) in [4.78, 5) is 2.41. The van der Waals surface area contributed by atoms with Crippen molar-refractivity contribution < 1.29 is 21.9 Å². The molecule has 3 aliphatic heterocycles. The van der Waals surface area contributed by atoms with Crippen molar-refractivity contribution in [1.29, 1.82) is 0 Å². The molecule has 0 radical (unpaired) electrons. The van der Waals surface area contributed by atoms with Gasteiger partial charge in [-0.1, -0.05) is 6.07 Å². The van der Waals surface area contributed by atoms with Crippen molar-refractivity contribution in [3.63, 3.8) is 0 Å². The third kappa shape index (κ3) is 4.42. The minimum atomic E-state index is -4.59. The smallest absolute Gasteiger partial charge is 0.416 e. The van der Waals surface area contributed by atoms with E-state index in [0.717, 1.165) is 50.2 Å². The van der Waals surface area contributed by atoms with Gasteiger partial charge >= 0.3 is 6.18 Å². The summed E-state index contributed by atoms with van der Waals surface area (Å²) in [6.45, 7) is 5.04. The topological polar surface area (TPSA) is 93.2 Å². The third-order valence-corrected chi connectivity index (χ3v) is 6.17. The Morgan fingerprint density at radius 1 is 1.20 bits per heavy atom. The van der Waals surface area contributed by atoms with Crippen LogP contribution in [0.4, 0.5) is 24.7 Å². The molecule has 3 saturated heterocycles. The van der Waals surface area contributed by atoms with Crippen molar-refractivity contribution in [3.8, 4) is 11.3 Å². The molecule has 7 nitrogen and oxygen atoms in total. The highest BCUT2D eigenvalue weighted by Crippen LogP contribution is 2.36.